The minimum atomic E-state index is -0.409. The molecule has 1 aromatic heterocycles. The SMILES string of the molecule is O=C(OCC1CCCO1)c1ccc(OC(=O)c2cccs2)cc1. The molecular weight excluding hydrogens is 316 g/mol. The third-order valence-corrected chi connectivity index (χ3v) is 4.30. The van der Waals surface area contributed by atoms with E-state index in [1.165, 1.54) is 11.3 Å². The third kappa shape index (κ3) is 4.18. The highest BCUT2D eigenvalue weighted by Crippen LogP contribution is 2.18. The fraction of sp³-hybridized carbons (Fsp3) is 0.294. The maximum atomic E-state index is 11.9. The summed E-state index contributed by atoms with van der Waals surface area (Å²) in [4.78, 5) is 24.3. The Morgan fingerprint density at radius 3 is 2.65 bits per heavy atom. The van der Waals surface area contributed by atoms with Crippen molar-refractivity contribution >= 4 is 23.3 Å². The van der Waals surface area contributed by atoms with Crippen molar-refractivity contribution in [1.29, 1.82) is 0 Å². The zero-order valence-corrected chi connectivity index (χ0v) is 13.2. The quantitative estimate of drug-likeness (QED) is 0.621. The molecule has 1 aromatic carbocycles. The topological polar surface area (TPSA) is 61.8 Å². The van der Waals surface area contributed by atoms with Gasteiger partial charge in [0.1, 0.15) is 17.2 Å². The first-order chi connectivity index (χ1) is 11.2. The van der Waals surface area contributed by atoms with Gasteiger partial charge in [0, 0.05) is 6.61 Å². The molecule has 1 fully saturated rings. The lowest BCUT2D eigenvalue weighted by molar-refractivity contribution is 0.0161. The summed E-state index contributed by atoms with van der Waals surface area (Å²) in [5.74, 6) is -0.426. The highest BCUT2D eigenvalue weighted by atomic mass is 32.1. The normalized spacial score (nSPS) is 17.0. The van der Waals surface area contributed by atoms with E-state index in [0.29, 0.717) is 16.2 Å². The van der Waals surface area contributed by atoms with Crippen molar-refractivity contribution in [3.8, 4) is 5.75 Å². The lowest BCUT2D eigenvalue weighted by atomic mass is 10.2. The van der Waals surface area contributed by atoms with Crippen LogP contribution in [-0.4, -0.2) is 31.3 Å². The number of esters is 2. The van der Waals surface area contributed by atoms with Crippen LogP contribution < -0.4 is 4.74 Å². The molecule has 1 atom stereocenters. The average molecular weight is 332 g/mol. The van der Waals surface area contributed by atoms with Crippen molar-refractivity contribution in [2.24, 2.45) is 0 Å². The highest BCUT2D eigenvalue weighted by molar-refractivity contribution is 7.12. The molecule has 0 N–H and O–H groups in total. The second kappa shape index (κ2) is 7.39. The minimum Gasteiger partial charge on any atom is -0.459 e. The van der Waals surface area contributed by atoms with Crippen LogP contribution in [0.3, 0.4) is 0 Å². The standard InChI is InChI=1S/C17H16O5S/c18-16(21-11-14-3-1-9-20-14)12-5-7-13(8-6-12)22-17(19)15-4-2-10-23-15/h2,4-8,10,14H,1,3,9,11H2. The van der Waals surface area contributed by atoms with Crippen molar-refractivity contribution in [1.82, 2.24) is 0 Å². The van der Waals surface area contributed by atoms with Gasteiger partial charge >= 0.3 is 11.9 Å². The largest absolute Gasteiger partial charge is 0.459 e. The van der Waals surface area contributed by atoms with E-state index >= 15 is 0 Å². The molecule has 0 saturated carbocycles. The molecule has 1 saturated heterocycles. The Labute approximate surface area is 137 Å². The van der Waals surface area contributed by atoms with Gasteiger partial charge in [-0.05, 0) is 48.6 Å². The number of hydrogen-bond acceptors (Lipinski definition) is 6. The Hall–Kier alpha value is -2.18. The van der Waals surface area contributed by atoms with Crippen molar-refractivity contribution in [3.05, 3.63) is 52.2 Å². The molecule has 0 radical (unpaired) electrons. The number of rotatable bonds is 5. The van der Waals surface area contributed by atoms with Crippen LogP contribution in [0.25, 0.3) is 0 Å². The number of thiophene rings is 1. The van der Waals surface area contributed by atoms with E-state index in [-0.39, 0.29) is 12.7 Å². The summed E-state index contributed by atoms with van der Waals surface area (Å²) < 4.78 is 15.9. The van der Waals surface area contributed by atoms with Gasteiger partial charge in [0.05, 0.1) is 11.7 Å². The summed E-state index contributed by atoms with van der Waals surface area (Å²) >= 11 is 1.32. The van der Waals surface area contributed by atoms with Crippen LogP contribution in [0.5, 0.6) is 5.75 Å². The van der Waals surface area contributed by atoms with Crippen LogP contribution in [0.15, 0.2) is 41.8 Å². The Morgan fingerprint density at radius 1 is 1.17 bits per heavy atom. The molecule has 6 heteroatoms. The summed E-state index contributed by atoms with van der Waals surface area (Å²) in [6, 6.07) is 9.80. The van der Waals surface area contributed by atoms with Crippen molar-refractivity contribution in [2.45, 2.75) is 18.9 Å². The minimum absolute atomic E-state index is 0.00461. The van der Waals surface area contributed by atoms with Gasteiger partial charge in [-0.2, -0.15) is 0 Å². The summed E-state index contributed by atoms with van der Waals surface area (Å²) in [6.45, 7) is 1.00. The smallest absolute Gasteiger partial charge is 0.353 e. The van der Waals surface area contributed by atoms with Gasteiger partial charge in [-0.1, -0.05) is 6.07 Å². The predicted molar refractivity (Wildman–Crippen MR) is 85.0 cm³/mol. The fourth-order valence-corrected chi connectivity index (χ4v) is 2.84. The lowest BCUT2D eigenvalue weighted by Gasteiger charge is -2.10. The fourth-order valence-electron chi connectivity index (χ4n) is 2.24. The first-order valence-corrected chi connectivity index (χ1v) is 8.25. The molecule has 2 aromatic rings. The van der Waals surface area contributed by atoms with E-state index < -0.39 is 11.9 Å². The maximum absolute atomic E-state index is 11.9. The molecule has 0 amide bonds. The van der Waals surface area contributed by atoms with Gasteiger partial charge in [-0.15, -0.1) is 11.3 Å². The van der Waals surface area contributed by atoms with Crippen LogP contribution in [0, 0.1) is 0 Å². The van der Waals surface area contributed by atoms with Gasteiger partial charge in [-0.3, -0.25) is 0 Å². The second-order valence-electron chi connectivity index (χ2n) is 5.12. The van der Waals surface area contributed by atoms with Crippen LogP contribution in [-0.2, 0) is 9.47 Å². The van der Waals surface area contributed by atoms with Gasteiger partial charge in [0.15, 0.2) is 0 Å². The summed E-state index contributed by atoms with van der Waals surface area (Å²) in [5.41, 5.74) is 0.416. The Balaban J connectivity index is 1.53. The molecule has 0 spiro atoms. The van der Waals surface area contributed by atoms with Gasteiger partial charge < -0.3 is 14.2 Å². The zero-order chi connectivity index (χ0) is 16.1. The van der Waals surface area contributed by atoms with E-state index in [2.05, 4.69) is 0 Å². The molecule has 23 heavy (non-hydrogen) atoms. The van der Waals surface area contributed by atoms with Gasteiger partial charge in [0.2, 0.25) is 0 Å². The predicted octanol–water partition coefficient (Wildman–Crippen LogP) is 3.30. The third-order valence-electron chi connectivity index (χ3n) is 3.45. The molecule has 1 aliphatic heterocycles. The highest BCUT2D eigenvalue weighted by Gasteiger charge is 2.18. The van der Waals surface area contributed by atoms with Crippen molar-refractivity contribution in [2.75, 3.05) is 13.2 Å². The van der Waals surface area contributed by atoms with E-state index in [1.54, 1.807) is 36.4 Å². The maximum Gasteiger partial charge on any atom is 0.353 e. The summed E-state index contributed by atoms with van der Waals surface area (Å²) in [5, 5.41) is 1.81. The van der Waals surface area contributed by atoms with Crippen LogP contribution >= 0.6 is 11.3 Å². The second-order valence-corrected chi connectivity index (χ2v) is 6.07. The number of carbonyl (C=O) groups is 2. The molecule has 2 heterocycles. The number of carbonyl (C=O) groups excluding carboxylic acids is 2. The molecular formula is C17H16O5S. The van der Waals surface area contributed by atoms with E-state index in [9.17, 15) is 9.59 Å². The first kappa shape index (κ1) is 15.7. The molecule has 3 rings (SSSR count). The first-order valence-electron chi connectivity index (χ1n) is 7.37. The zero-order valence-electron chi connectivity index (χ0n) is 12.4. The number of benzene rings is 1. The van der Waals surface area contributed by atoms with Crippen LogP contribution in [0.2, 0.25) is 0 Å². The Kier molecular flexibility index (Phi) is 5.05. The van der Waals surface area contributed by atoms with E-state index in [4.69, 9.17) is 14.2 Å². The van der Waals surface area contributed by atoms with Gasteiger partial charge in [0.25, 0.3) is 0 Å². The van der Waals surface area contributed by atoms with Crippen LogP contribution in [0.1, 0.15) is 32.9 Å². The molecule has 1 aliphatic rings. The summed E-state index contributed by atoms with van der Waals surface area (Å²) in [7, 11) is 0. The van der Waals surface area contributed by atoms with Crippen molar-refractivity contribution in [3.63, 3.8) is 0 Å². The number of hydrogen-bond donors (Lipinski definition) is 0. The van der Waals surface area contributed by atoms with Crippen molar-refractivity contribution < 1.29 is 23.8 Å². The molecule has 120 valence electrons. The van der Waals surface area contributed by atoms with E-state index in [1.807, 2.05) is 5.38 Å². The molecule has 5 nitrogen and oxygen atoms in total. The molecule has 0 bridgehead atoms. The summed E-state index contributed by atoms with van der Waals surface area (Å²) in [6.07, 6.45) is 1.93. The Bertz CT molecular complexity index is 657. The average Bonchev–Trinajstić information content (AvgIpc) is 3.26. The molecule has 0 aliphatic carbocycles. The van der Waals surface area contributed by atoms with E-state index in [0.717, 1.165) is 19.4 Å². The monoisotopic (exact) mass is 332 g/mol. The lowest BCUT2D eigenvalue weighted by Crippen LogP contribution is -2.17. The number of ether oxygens (including phenoxy) is 3. The Morgan fingerprint density at radius 2 is 2.00 bits per heavy atom. The molecule has 1 unspecified atom stereocenters. The van der Waals surface area contributed by atoms with Gasteiger partial charge in [-0.25, -0.2) is 9.59 Å². The van der Waals surface area contributed by atoms with Crippen LogP contribution in [0.4, 0.5) is 0 Å².